The monoisotopic (exact) mass is 305 g/mol. The van der Waals surface area contributed by atoms with Crippen LogP contribution in [-0.2, 0) is 0 Å². The molecule has 0 unspecified atom stereocenters. The molecular weight excluding hydrogens is 297 g/mol. The van der Waals surface area contributed by atoms with E-state index < -0.39 is 0 Å². The molecule has 0 amide bonds. The fourth-order valence-electron chi connectivity index (χ4n) is 1.75. The molecule has 20 heavy (non-hydrogen) atoms. The van der Waals surface area contributed by atoms with Gasteiger partial charge in [0, 0.05) is 5.02 Å². The summed E-state index contributed by atoms with van der Waals surface area (Å²) in [7, 11) is 0. The Kier molecular flexibility index (Phi) is 3.58. The lowest BCUT2D eigenvalue weighted by Crippen LogP contribution is -1.98. The van der Waals surface area contributed by atoms with Crippen molar-refractivity contribution in [2.45, 2.75) is 0 Å². The number of halogens is 2. The normalized spacial score (nSPS) is 10.5. The van der Waals surface area contributed by atoms with Gasteiger partial charge in [0.05, 0.1) is 17.4 Å². The van der Waals surface area contributed by atoms with Crippen LogP contribution in [-0.4, -0.2) is 15.0 Å². The van der Waals surface area contributed by atoms with Crippen LogP contribution >= 0.6 is 23.2 Å². The number of hydrogen-bond acceptors (Lipinski definition) is 3. The first-order valence-corrected chi connectivity index (χ1v) is 6.58. The molecule has 4 nitrogen and oxygen atoms in total. The molecule has 100 valence electrons. The Hall–Kier alpha value is -2.04. The van der Waals surface area contributed by atoms with Gasteiger partial charge in [-0.1, -0.05) is 40.5 Å². The highest BCUT2D eigenvalue weighted by Gasteiger charge is 2.09. The first-order valence-electron chi connectivity index (χ1n) is 5.82. The van der Waals surface area contributed by atoms with E-state index in [0.717, 1.165) is 5.69 Å². The van der Waals surface area contributed by atoms with Crippen molar-refractivity contribution >= 4 is 23.2 Å². The SMILES string of the molecule is Clc1ccc(Oc2ccccc2-n2ccnn2)c(Cl)c1. The molecule has 1 heterocycles. The quantitative estimate of drug-likeness (QED) is 0.721. The van der Waals surface area contributed by atoms with Gasteiger partial charge in [0.25, 0.3) is 0 Å². The Balaban J connectivity index is 1.99. The molecule has 0 N–H and O–H groups in total. The molecule has 0 fully saturated rings. The maximum atomic E-state index is 6.11. The number of hydrogen-bond donors (Lipinski definition) is 0. The van der Waals surface area contributed by atoms with Crippen molar-refractivity contribution in [2.24, 2.45) is 0 Å². The van der Waals surface area contributed by atoms with Crippen molar-refractivity contribution in [2.75, 3.05) is 0 Å². The van der Waals surface area contributed by atoms with Gasteiger partial charge < -0.3 is 4.74 Å². The lowest BCUT2D eigenvalue weighted by molar-refractivity contribution is 0.478. The van der Waals surface area contributed by atoms with E-state index in [2.05, 4.69) is 10.3 Å². The Labute approximate surface area is 125 Å². The van der Waals surface area contributed by atoms with Crippen LogP contribution in [0.4, 0.5) is 0 Å². The molecule has 0 bridgehead atoms. The van der Waals surface area contributed by atoms with Crippen LogP contribution < -0.4 is 4.74 Å². The Bertz CT molecular complexity index is 729. The average molecular weight is 306 g/mol. The molecule has 1 aromatic heterocycles. The first kappa shape index (κ1) is 13.0. The van der Waals surface area contributed by atoms with E-state index in [1.165, 1.54) is 0 Å². The van der Waals surface area contributed by atoms with Crippen molar-refractivity contribution in [3.63, 3.8) is 0 Å². The lowest BCUT2D eigenvalue weighted by Gasteiger charge is -2.11. The van der Waals surface area contributed by atoms with Crippen LogP contribution in [0.25, 0.3) is 5.69 Å². The summed E-state index contributed by atoms with van der Waals surface area (Å²) in [4.78, 5) is 0. The van der Waals surface area contributed by atoms with E-state index in [1.54, 1.807) is 35.3 Å². The topological polar surface area (TPSA) is 39.9 Å². The van der Waals surface area contributed by atoms with Gasteiger partial charge in [-0.15, -0.1) is 5.10 Å². The van der Waals surface area contributed by atoms with E-state index >= 15 is 0 Å². The average Bonchev–Trinajstić information content (AvgIpc) is 2.96. The van der Waals surface area contributed by atoms with Crippen LogP contribution in [0.2, 0.25) is 10.0 Å². The molecule has 2 aromatic carbocycles. The second kappa shape index (κ2) is 5.53. The van der Waals surface area contributed by atoms with Crippen LogP contribution in [0.1, 0.15) is 0 Å². The van der Waals surface area contributed by atoms with Gasteiger partial charge in [-0.25, -0.2) is 4.68 Å². The Morgan fingerprint density at radius 3 is 2.60 bits per heavy atom. The summed E-state index contributed by atoms with van der Waals surface area (Å²) in [5, 5.41) is 8.76. The third kappa shape index (κ3) is 2.61. The zero-order valence-corrected chi connectivity index (χ0v) is 11.7. The minimum absolute atomic E-state index is 0.450. The zero-order valence-electron chi connectivity index (χ0n) is 10.2. The predicted octanol–water partition coefficient (Wildman–Crippen LogP) is 4.37. The molecular formula is C14H9Cl2N3O. The van der Waals surface area contributed by atoms with Crippen molar-refractivity contribution < 1.29 is 4.74 Å². The first-order chi connectivity index (χ1) is 9.74. The fourth-order valence-corrected chi connectivity index (χ4v) is 2.19. The summed E-state index contributed by atoms with van der Waals surface area (Å²) in [5.74, 6) is 1.16. The highest BCUT2D eigenvalue weighted by atomic mass is 35.5. The third-order valence-electron chi connectivity index (χ3n) is 2.65. The highest BCUT2D eigenvalue weighted by molar-refractivity contribution is 6.35. The number of rotatable bonds is 3. The van der Waals surface area contributed by atoms with Crippen molar-refractivity contribution in [1.82, 2.24) is 15.0 Å². The smallest absolute Gasteiger partial charge is 0.153 e. The summed E-state index contributed by atoms with van der Waals surface area (Å²) in [6, 6.07) is 12.6. The van der Waals surface area contributed by atoms with E-state index in [1.807, 2.05) is 24.3 Å². The second-order valence-electron chi connectivity index (χ2n) is 3.99. The minimum Gasteiger partial charge on any atom is -0.454 e. The standard InChI is InChI=1S/C14H9Cl2N3O/c15-10-5-6-13(11(16)9-10)20-14-4-2-1-3-12(14)19-8-7-17-18-19/h1-9H. The molecule has 0 aliphatic carbocycles. The number of para-hydroxylation sites is 2. The van der Waals surface area contributed by atoms with Gasteiger partial charge in [-0.2, -0.15) is 0 Å². The molecule has 3 aromatic rings. The Morgan fingerprint density at radius 2 is 1.85 bits per heavy atom. The fraction of sp³-hybridized carbons (Fsp3) is 0. The van der Waals surface area contributed by atoms with Gasteiger partial charge >= 0.3 is 0 Å². The molecule has 6 heteroatoms. The number of nitrogens with zero attached hydrogens (tertiary/aromatic N) is 3. The molecule has 3 rings (SSSR count). The summed E-state index contributed by atoms with van der Waals surface area (Å²) in [5.41, 5.74) is 0.774. The summed E-state index contributed by atoms with van der Waals surface area (Å²) in [6.07, 6.45) is 3.34. The predicted molar refractivity (Wildman–Crippen MR) is 77.9 cm³/mol. The van der Waals surface area contributed by atoms with Crippen LogP contribution in [0.3, 0.4) is 0 Å². The molecule has 0 aliphatic rings. The van der Waals surface area contributed by atoms with Crippen LogP contribution in [0.15, 0.2) is 54.9 Å². The summed E-state index contributed by atoms with van der Waals surface area (Å²) < 4.78 is 7.46. The summed E-state index contributed by atoms with van der Waals surface area (Å²) >= 11 is 12.0. The summed E-state index contributed by atoms with van der Waals surface area (Å²) in [6.45, 7) is 0. The maximum absolute atomic E-state index is 6.11. The van der Waals surface area contributed by atoms with Crippen LogP contribution in [0.5, 0.6) is 11.5 Å². The second-order valence-corrected chi connectivity index (χ2v) is 4.84. The minimum atomic E-state index is 0.450. The van der Waals surface area contributed by atoms with Crippen molar-refractivity contribution in [3.05, 3.63) is 64.9 Å². The lowest BCUT2D eigenvalue weighted by atomic mass is 10.3. The number of benzene rings is 2. The van der Waals surface area contributed by atoms with Crippen LogP contribution in [0, 0.1) is 0 Å². The van der Waals surface area contributed by atoms with Gasteiger partial charge in [-0.3, -0.25) is 0 Å². The molecule has 0 atom stereocenters. The van der Waals surface area contributed by atoms with E-state index in [-0.39, 0.29) is 0 Å². The molecule has 0 aliphatic heterocycles. The molecule has 0 saturated heterocycles. The van der Waals surface area contributed by atoms with Crippen molar-refractivity contribution in [3.8, 4) is 17.2 Å². The molecule has 0 radical (unpaired) electrons. The van der Waals surface area contributed by atoms with Crippen molar-refractivity contribution in [1.29, 1.82) is 0 Å². The highest BCUT2D eigenvalue weighted by Crippen LogP contribution is 2.33. The van der Waals surface area contributed by atoms with Gasteiger partial charge in [0.1, 0.15) is 11.4 Å². The number of ether oxygens (including phenoxy) is 1. The maximum Gasteiger partial charge on any atom is 0.153 e. The van der Waals surface area contributed by atoms with Gasteiger partial charge in [-0.05, 0) is 30.3 Å². The van der Waals surface area contributed by atoms with Gasteiger partial charge in [0.15, 0.2) is 5.75 Å². The van der Waals surface area contributed by atoms with Gasteiger partial charge in [0.2, 0.25) is 0 Å². The molecule has 0 saturated carbocycles. The third-order valence-corrected chi connectivity index (χ3v) is 3.18. The largest absolute Gasteiger partial charge is 0.454 e. The van der Waals surface area contributed by atoms with E-state index in [0.29, 0.717) is 21.5 Å². The number of aromatic nitrogens is 3. The Morgan fingerprint density at radius 1 is 1.00 bits per heavy atom. The zero-order chi connectivity index (χ0) is 13.9. The van der Waals surface area contributed by atoms with E-state index in [4.69, 9.17) is 27.9 Å². The molecule has 0 spiro atoms. The van der Waals surface area contributed by atoms with E-state index in [9.17, 15) is 0 Å².